The van der Waals surface area contributed by atoms with Gasteiger partial charge in [0.2, 0.25) is 10.0 Å². The number of aromatic amines is 1. The predicted octanol–water partition coefficient (Wildman–Crippen LogP) is 2.27. The maximum absolute atomic E-state index is 12.6. The Bertz CT molecular complexity index is 1030. The van der Waals surface area contributed by atoms with E-state index in [1.165, 1.54) is 18.4 Å². The number of β-amino-alcohol motifs (C(OH)–C–C–N with tert-alkyl or cyclic N) is 1. The van der Waals surface area contributed by atoms with Gasteiger partial charge in [-0.05, 0) is 30.3 Å². The van der Waals surface area contributed by atoms with Crippen molar-refractivity contribution in [1.82, 2.24) is 9.29 Å². The van der Waals surface area contributed by atoms with E-state index >= 15 is 0 Å². The average molecular weight is 371 g/mol. The van der Waals surface area contributed by atoms with E-state index in [1.54, 1.807) is 12.1 Å². The van der Waals surface area contributed by atoms with Crippen molar-refractivity contribution in [3.8, 4) is 11.3 Å². The van der Waals surface area contributed by atoms with Crippen LogP contribution >= 0.6 is 0 Å². The number of para-hydroxylation sites is 1. The Balaban J connectivity index is 1.88. The predicted molar refractivity (Wildman–Crippen MR) is 103 cm³/mol. The van der Waals surface area contributed by atoms with Gasteiger partial charge in [0.15, 0.2) is 0 Å². The highest BCUT2D eigenvalue weighted by Gasteiger charge is 2.28. The van der Waals surface area contributed by atoms with Crippen LogP contribution in [0.4, 0.5) is 5.69 Å². The summed E-state index contributed by atoms with van der Waals surface area (Å²) >= 11 is 0. The molecule has 3 aromatic rings. The normalized spacial score (nSPS) is 15.6. The lowest BCUT2D eigenvalue weighted by Crippen LogP contribution is -2.51. The number of anilines is 1. The molecule has 0 atom stereocenters. The van der Waals surface area contributed by atoms with Gasteiger partial charge in [0.05, 0.1) is 11.0 Å². The SMILES string of the molecule is CN(C)S(=O)(=O)c1ccc(N2CC(O)C2)c(-c2cc3ccccc3[nH]2)c1. The summed E-state index contributed by atoms with van der Waals surface area (Å²) in [6.07, 6.45) is -0.337. The van der Waals surface area contributed by atoms with Crippen LogP contribution in [0.15, 0.2) is 53.4 Å². The lowest BCUT2D eigenvalue weighted by molar-refractivity contribution is 0.142. The Kier molecular flexibility index (Phi) is 4.02. The maximum Gasteiger partial charge on any atom is 0.242 e. The topological polar surface area (TPSA) is 76.6 Å². The number of aliphatic hydroxyl groups is 1. The molecule has 0 aliphatic carbocycles. The molecule has 0 amide bonds. The van der Waals surface area contributed by atoms with Gasteiger partial charge in [-0.15, -0.1) is 0 Å². The van der Waals surface area contributed by atoms with Crippen LogP contribution in [0.5, 0.6) is 0 Å². The maximum atomic E-state index is 12.6. The molecule has 2 aromatic carbocycles. The van der Waals surface area contributed by atoms with Gasteiger partial charge in [-0.3, -0.25) is 0 Å². The molecule has 1 saturated heterocycles. The third-order valence-electron chi connectivity index (χ3n) is 4.77. The second-order valence-electron chi connectivity index (χ2n) is 6.80. The molecule has 136 valence electrons. The van der Waals surface area contributed by atoms with E-state index in [0.29, 0.717) is 13.1 Å². The second-order valence-corrected chi connectivity index (χ2v) is 8.95. The minimum atomic E-state index is -3.53. The average Bonchev–Trinajstić information content (AvgIpc) is 3.02. The zero-order valence-electron chi connectivity index (χ0n) is 14.7. The van der Waals surface area contributed by atoms with E-state index in [4.69, 9.17) is 0 Å². The molecule has 4 rings (SSSR count). The molecule has 1 aromatic heterocycles. The Morgan fingerprint density at radius 3 is 2.50 bits per heavy atom. The number of benzene rings is 2. The van der Waals surface area contributed by atoms with Gasteiger partial charge in [-0.2, -0.15) is 0 Å². The number of rotatable bonds is 4. The number of nitrogens with one attached hydrogen (secondary N) is 1. The minimum Gasteiger partial charge on any atom is -0.389 e. The number of aliphatic hydroxyl groups excluding tert-OH is 1. The molecule has 2 heterocycles. The van der Waals surface area contributed by atoms with Crippen LogP contribution in [0, 0.1) is 0 Å². The molecule has 1 aliphatic heterocycles. The zero-order chi connectivity index (χ0) is 18.5. The highest BCUT2D eigenvalue weighted by atomic mass is 32.2. The van der Waals surface area contributed by atoms with Gasteiger partial charge in [-0.25, -0.2) is 12.7 Å². The van der Waals surface area contributed by atoms with Gasteiger partial charge in [0.1, 0.15) is 0 Å². The molecule has 0 unspecified atom stereocenters. The molecule has 0 bridgehead atoms. The molecule has 0 spiro atoms. The number of sulfonamides is 1. The first-order chi connectivity index (χ1) is 12.4. The first kappa shape index (κ1) is 17.1. The zero-order valence-corrected chi connectivity index (χ0v) is 15.5. The number of hydrogen-bond donors (Lipinski definition) is 2. The summed E-state index contributed by atoms with van der Waals surface area (Å²) in [5.41, 5.74) is 3.59. The fourth-order valence-electron chi connectivity index (χ4n) is 3.25. The largest absolute Gasteiger partial charge is 0.389 e. The minimum absolute atomic E-state index is 0.251. The number of aromatic nitrogens is 1. The van der Waals surface area contributed by atoms with Crippen molar-refractivity contribution in [3.05, 3.63) is 48.5 Å². The van der Waals surface area contributed by atoms with Crippen molar-refractivity contribution >= 4 is 26.6 Å². The summed E-state index contributed by atoms with van der Waals surface area (Å²) in [6, 6.07) is 15.1. The molecule has 2 N–H and O–H groups in total. The lowest BCUT2D eigenvalue weighted by atomic mass is 10.0. The van der Waals surface area contributed by atoms with E-state index in [-0.39, 0.29) is 11.0 Å². The van der Waals surface area contributed by atoms with E-state index in [1.807, 2.05) is 36.4 Å². The first-order valence-corrected chi connectivity index (χ1v) is 9.88. The van der Waals surface area contributed by atoms with Gasteiger partial charge >= 0.3 is 0 Å². The second kappa shape index (κ2) is 6.12. The summed E-state index contributed by atoms with van der Waals surface area (Å²) in [5.74, 6) is 0. The Morgan fingerprint density at radius 1 is 1.12 bits per heavy atom. The molecular weight excluding hydrogens is 350 g/mol. The van der Waals surface area contributed by atoms with Crippen LogP contribution in [-0.2, 0) is 10.0 Å². The number of hydrogen-bond acceptors (Lipinski definition) is 4. The van der Waals surface area contributed by atoms with Crippen LogP contribution in [0.1, 0.15) is 0 Å². The molecule has 1 aliphatic rings. The van der Waals surface area contributed by atoms with Gasteiger partial charge in [-0.1, -0.05) is 18.2 Å². The highest BCUT2D eigenvalue weighted by Crippen LogP contribution is 2.36. The van der Waals surface area contributed by atoms with Crippen LogP contribution in [-0.4, -0.2) is 56.1 Å². The summed E-state index contributed by atoms with van der Waals surface area (Å²) in [5, 5.41) is 10.7. The Morgan fingerprint density at radius 2 is 1.85 bits per heavy atom. The van der Waals surface area contributed by atoms with E-state index < -0.39 is 10.0 Å². The van der Waals surface area contributed by atoms with Crippen molar-refractivity contribution in [1.29, 1.82) is 0 Å². The van der Waals surface area contributed by atoms with Gasteiger partial charge in [0, 0.05) is 55.0 Å². The van der Waals surface area contributed by atoms with Crippen molar-refractivity contribution in [2.75, 3.05) is 32.1 Å². The van der Waals surface area contributed by atoms with Crippen LogP contribution < -0.4 is 4.90 Å². The molecule has 0 radical (unpaired) electrons. The summed E-state index contributed by atoms with van der Waals surface area (Å²) in [6.45, 7) is 1.10. The molecule has 7 heteroatoms. The Labute approximate surface area is 152 Å². The van der Waals surface area contributed by atoms with Gasteiger partial charge in [0.25, 0.3) is 0 Å². The van der Waals surface area contributed by atoms with Crippen molar-refractivity contribution in [2.45, 2.75) is 11.0 Å². The van der Waals surface area contributed by atoms with Crippen LogP contribution in [0.2, 0.25) is 0 Å². The lowest BCUT2D eigenvalue weighted by Gasteiger charge is -2.39. The molecule has 0 saturated carbocycles. The quantitative estimate of drug-likeness (QED) is 0.738. The van der Waals surface area contributed by atoms with E-state index in [0.717, 1.165) is 27.8 Å². The van der Waals surface area contributed by atoms with Crippen molar-refractivity contribution < 1.29 is 13.5 Å². The third-order valence-corrected chi connectivity index (χ3v) is 6.58. The highest BCUT2D eigenvalue weighted by molar-refractivity contribution is 7.89. The fourth-order valence-corrected chi connectivity index (χ4v) is 4.18. The van der Waals surface area contributed by atoms with Crippen LogP contribution in [0.25, 0.3) is 22.2 Å². The summed E-state index contributed by atoms with van der Waals surface area (Å²) in [4.78, 5) is 5.68. The number of nitrogens with zero attached hydrogens (tertiary/aromatic N) is 2. The smallest absolute Gasteiger partial charge is 0.242 e. The van der Waals surface area contributed by atoms with Crippen molar-refractivity contribution in [2.24, 2.45) is 0 Å². The standard InChI is InChI=1S/C19H21N3O3S/c1-21(2)26(24,25)15-7-8-19(22-11-14(23)12-22)16(10-15)18-9-13-5-3-4-6-17(13)20-18/h3-10,14,20,23H,11-12H2,1-2H3. The monoisotopic (exact) mass is 371 g/mol. The van der Waals surface area contributed by atoms with E-state index in [9.17, 15) is 13.5 Å². The van der Waals surface area contributed by atoms with E-state index in [2.05, 4.69) is 9.88 Å². The molecule has 1 fully saturated rings. The summed E-state index contributed by atoms with van der Waals surface area (Å²) in [7, 11) is -0.477. The first-order valence-electron chi connectivity index (χ1n) is 8.44. The van der Waals surface area contributed by atoms with Crippen LogP contribution in [0.3, 0.4) is 0 Å². The molecule has 6 nitrogen and oxygen atoms in total. The van der Waals surface area contributed by atoms with Crippen molar-refractivity contribution in [3.63, 3.8) is 0 Å². The number of fused-ring (bicyclic) bond motifs is 1. The fraction of sp³-hybridized carbons (Fsp3) is 0.263. The molecular formula is C19H21N3O3S. The third kappa shape index (κ3) is 2.78. The number of H-pyrrole nitrogens is 1. The van der Waals surface area contributed by atoms with Gasteiger partial charge < -0.3 is 15.0 Å². The molecule has 26 heavy (non-hydrogen) atoms. The Hall–Kier alpha value is -2.35. The summed E-state index contributed by atoms with van der Waals surface area (Å²) < 4.78 is 26.3.